The van der Waals surface area contributed by atoms with Crippen molar-refractivity contribution in [3.8, 4) is 0 Å². The van der Waals surface area contributed by atoms with Crippen molar-refractivity contribution in [2.75, 3.05) is 19.8 Å². The molecule has 208 valence electrons. The second-order valence-corrected chi connectivity index (χ2v) is 13.2. The highest BCUT2D eigenvalue weighted by atomic mass is 32.2. The van der Waals surface area contributed by atoms with Crippen LogP contribution in [0.3, 0.4) is 0 Å². The fourth-order valence-corrected chi connectivity index (χ4v) is 9.19. The van der Waals surface area contributed by atoms with E-state index in [1.807, 2.05) is 32.6 Å². The quantitative estimate of drug-likeness (QED) is 0.204. The van der Waals surface area contributed by atoms with Gasteiger partial charge in [-0.05, 0) is 45.4 Å². The normalized spacial score (nSPS) is 32.5. The van der Waals surface area contributed by atoms with Crippen molar-refractivity contribution in [2.24, 2.45) is 17.8 Å². The van der Waals surface area contributed by atoms with Gasteiger partial charge in [0.2, 0.25) is 11.8 Å². The number of amides is 2. The van der Waals surface area contributed by atoms with Crippen LogP contribution in [0.4, 0.5) is 0 Å². The average Bonchev–Trinajstić information content (AvgIpc) is 3.43. The van der Waals surface area contributed by atoms with Crippen LogP contribution in [-0.4, -0.2) is 80.1 Å². The number of likely N-dealkylation sites (tertiary alicyclic amines) is 1. The third-order valence-electron chi connectivity index (χ3n) is 8.96. The van der Waals surface area contributed by atoms with Crippen molar-refractivity contribution in [1.29, 1.82) is 0 Å². The molecule has 3 aliphatic rings. The summed E-state index contributed by atoms with van der Waals surface area (Å²) in [6.45, 7) is 18.2. The number of carbonyl (C=O) groups is 3. The maximum Gasteiger partial charge on any atom is 0.311 e. The molecule has 8 atom stereocenters. The van der Waals surface area contributed by atoms with Gasteiger partial charge in [-0.15, -0.1) is 24.9 Å². The first-order chi connectivity index (χ1) is 17.6. The van der Waals surface area contributed by atoms with Crippen LogP contribution >= 0.6 is 11.8 Å². The number of thioether (sulfide) groups is 1. The van der Waals surface area contributed by atoms with Gasteiger partial charge in [0.05, 0.1) is 35.8 Å². The zero-order valence-corrected chi connectivity index (χ0v) is 24.1. The van der Waals surface area contributed by atoms with Gasteiger partial charge in [0.1, 0.15) is 6.04 Å². The first kappa shape index (κ1) is 29.8. The van der Waals surface area contributed by atoms with Crippen molar-refractivity contribution in [1.82, 2.24) is 9.80 Å². The third kappa shape index (κ3) is 5.00. The number of ether oxygens (including phenoxy) is 1. The molecule has 0 aromatic rings. The lowest BCUT2D eigenvalue weighted by molar-refractivity contribution is -0.156. The summed E-state index contributed by atoms with van der Waals surface area (Å²) in [6.07, 6.45) is 7.93. The Kier molecular flexibility index (Phi) is 9.60. The van der Waals surface area contributed by atoms with Crippen LogP contribution in [-0.2, 0) is 19.1 Å². The second kappa shape index (κ2) is 11.9. The first-order valence-electron chi connectivity index (χ1n) is 13.9. The van der Waals surface area contributed by atoms with Crippen LogP contribution in [0, 0.1) is 17.8 Å². The van der Waals surface area contributed by atoms with Gasteiger partial charge in [-0.25, -0.2) is 0 Å². The predicted octanol–water partition coefficient (Wildman–Crippen LogP) is 4.20. The molecule has 8 heteroatoms. The van der Waals surface area contributed by atoms with E-state index in [0.717, 1.165) is 25.7 Å². The Balaban J connectivity index is 2.12. The number of aliphatic hydroxyl groups is 1. The Morgan fingerprint density at radius 1 is 1.27 bits per heavy atom. The Bertz CT molecular complexity index is 896. The van der Waals surface area contributed by atoms with E-state index >= 15 is 0 Å². The van der Waals surface area contributed by atoms with E-state index in [2.05, 4.69) is 20.1 Å². The minimum Gasteiger partial charge on any atom is -0.465 e. The molecule has 1 spiro atoms. The molecule has 0 aliphatic carbocycles. The van der Waals surface area contributed by atoms with E-state index < -0.39 is 33.4 Å². The number of carbonyl (C=O) groups excluding carboxylic acids is 3. The molecule has 0 aromatic heterocycles. The minimum atomic E-state index is -0.742. The predicted molar refractivity (Wildman–Crippen MR) is 148 cm³/mol. The molecular formula is C29H46N2O5S. The molecule has 2 bridgehead atoms. The monoisotopic (exact) mass is 534 g/mol. The average molecular weight is 535 g/mol. The Labute approximate surface area is 227 Å². The highest BCUT2D eigenvalue weighted by Gasteiger charge is 2.78. The third-order valence-corrected chi connectivity index (χ3v) is 10.9. The summed E-state index contributed by atoms with van der Waals surface area (Å²) in [6, 6.07) is -1.26. The largest absolute Gasteiger partial charge is 0.465 e. The van der Waals surface area contributed by atoms with Gasteiger partial charge in [-0.2, -0.15) is 0 Å². The number of hydrogen-bond donors (Lipinski definition) is 1. The summed E-state index contributed by atoms with van der Waals surface area (Å²) in [5, 5.41) is 10.5. The molecule has 0 aromatic carbocycles. The van der Waals surface area contributed by atoms with E-state index in [-0.39, 0.29) is 43.0 Å². The van der Waals surface area contributed by atoms with E-state index in [9.17, 15) is 19.5 Å². The van der Waals surface area contributed by atoms with Gasteiger partial charge in [-0.3, -0.25) is 14.4 Å². The van der Waals surface area contributed by atoms with E-state index in [4.69, 9.17) is 4.74 Å². The van der Waals surface area contributed by atoms with Gasteiger partial charge < -0.3 is 19.6 Å². The fraction of sp³-hybridized carbons (Fsp3) is 0.759. The molecule has 3 heterocycles. The van der Waals surface area contributed by atoms with Gasteiger partial charge >= 0.3 is 5.97 Å². The Hall–Kier alpha value is -1.80. The molecular weight excluding hydrogens is 488 g/mol. The lowest BCUT2D eigenvalue weighted by Gasteiger charge is -2.42. The SMILES string of the molecule is C=CCCOC(=O)[C@@H]1[C@H]2C(=O)N([C@@H](CO)[C@@H](C)CC)C(C(=O)N(CC=C)C(C)CCC)C23CC[C@@]1(C)S3. The van der Waals surface area contributed by atoms with Gasteiger partial charge in [-0.1, -0.05) is 45.8 Å². The molecule has 3 saturated heterocycles. The molecule has 3 fully saturated rings. The number of nitrogens with zero attached hydrogens (tertiary/aromatic N) is 2. The van der Waals surface area contributed by atoms with E-state index in [1.165, 1.54) is 0 Å². The zero-order valence-electron chi connectivity index (χ0n) is 23.3. The summed E-state index contributed by atoms with van der Waals surface area (Å²) < 4.78 is 4.43. The molecule has 3 aliphatic heterocycles. The smallest absolute Gasteiger partial charge is 0.311 e. The standard InChI is InChI=1S/C29H46N2O5S/c1-8-12-17-36-27(35)23-22-25(33)31(21(18-32)19(5)11-4)24(29(22)15-14-28(23,7)37-29)26(34)30(16-10-3)20(6)13-9-2/h8,10,19-24,32H,1,3,9,11-18H2,2,4-7H3/t19-,20?,21-,22-,23-,24?,28+,29?/m0/s1. The fourth-order valence-electron chi connectivity index (χ4n) is 6.86. The van der Waals surface area contributed by atoms with Crippen molar-refractivity contribution >= 4 is 29.5 Å². The summed E-state index contributed by atoms with van der Waals surface area (Å²) in [7, 11) is 0. The summed E-state index contributed by atoms with van der Waals surface area (Å²) in [5.41, 5.74) is 0. The van der Waals surface area contributed by atoms with E-state index in [0.29, 0.717) is 19.4 Å². The first-order valence-corrected chi connectivity index (χ1v) is 14.7. The van der Waals surface area contributed by atoms with Gasteiger partial charge in [0.25, 0.3) is 0 Å². The molecule has 37 heavy (non-hydrogen) atoms. The second-order valence-electron chi connectivity index (χ2n) is 11.3. The highest BCUT2D eigenvalue weighted by Crippen LogP contribution is 2.72. The number of aliphatic hydroxyl groups excluding tert-OH is 1. The van der Waals surface area contributed by atoms with Crippen LogP contribution in [0.15, 0.2) is 25.3 Å². The molecule has 7 nitrogen and oxygen atoms in total. The minimum absolute atomic E-state index is 0.00354. The Morgan fingerprint density at radius 3 is 2.54 bits per heavy atom. The highest BCUT2D eigenvalue weighted by molar-refractivity contribution is 8.02. The maximum absolute atomic E-state index is 14.5. The lowest BCUT2D eigenvalue weighted by Crippen LogP contribution is -2.59. The summed E-state index contributed by atoms with van der Waals surface area (Å²) >= 11 is 1.64. The van der Waals surface area contributed by atoms with Crippen molar-refractivity contribution < 1.29 is 24.2 Å². The van der Waals surface area contributed by atoms with Gasteiger partial charge in [0.15, 0.2) is 0 Å². The topological polar surface area (TPSA) is 87.1 Å². The van der Waals surface area contributed by atoms with Crippen molar-refractivity contribution in [3.05, 3.63) is 25.3 Å². The number of rotatable bonds is 14. The zero-order chi connectivity index (χ0) is 27.5. The van der Waals surface area contributed by atoms with Crippen LogP contribution in [0.2, 0.25) is 0 Å². The molecule has 0 saturated carbocycles. The van der Waals surface area contributed by atoms with E-state index in [1.54, 1.807) is 28.8 Å². The number of fused-ring (bicyclic) bond motifs is 1. The molecule has 2 amide bonds. The summed E-state index contributed by atoms with van der Waals surface area (Å²) in [4.78, 5) is 45.8. The van der Waals surface area contributed by atoms with Crippen LogP contribution < -0.4 is 0 Å². The van der Waals surface area contributed by atoms with Crippen LogP contribution in [0.5, 0.6) is 0 Å². The summed E-state index contributed by atoms with van der Waals surface area (Å²) in [5.74, 6) is -1.93. The van der Waals surface area contributed by atoms with Gasteiger partial charge in [0, 0.05) is 17.3 Å². The van der Waals surface area contributed by atoms with Crippen molar-refractivity contribution in [3.63, 3.8) is 0 Å². The molecule has 0 radical (unpaired) electrons. The number of esters is 1. The molecule has 3 unspecified atom stereocenters. The Morgan fingerprint density at radius 2 is 1.97 bits per heavy atom. The van der Waals surface area contributed by atoms with Crippen molar-refractivity contribution in [2.45, 2.75) is 101 Å². The lowest BCUT2D eigenvalue weighted by atomic mass is 9.66. The number of hydrogen-bond acceptors (Lipinski definition) is 6. The molecule has 3 rings (SSSR count). The molecule has 1 N–H and O–H groups in total. The van der Waals surface area contributed by atoms with Crippen LogP contribution in [0.25, 0.3) is 0 Å². The van der Waals surface area contributed by atoms with Crippen LogP contribution in [0.1, 0.15) is 73.1 Å². The maximum atomic E-state index is 14.5.